The molecule has 1 heterocycles. The van der Waals surface area contributed by atoms with Crippen molar-refractivity contribution in [2.24, 2.45) is 0 Å². The topological polar surface area (TPSA) is 44.8 Å². The molecule has 0 radical (unpaired) electrons. The third kappa shape index (κ3) is 3.04. The molecule has 1 saturated carbocycles. The number of nitrogens with one attached hydrogen (secondary N) is 1. The Morgan fingerprint density at radius 3 is 2.32 bits per heavy atom. The Labute approximate surface area is 132 Å². The second-order valence-corrected chi connectivity index (χ2v) is 6.16. The van der Waals surface area contributed by atoms with Gasteiger partial charge in [0, 0.05) is 26.2 Å². The summed E-state index contributed by atoms with van der Waals surface area (Å²) in [6.45, 7) is 6.81. The van der Waals surface area contributed by atoms with Crippen LogP contribution in [0.3, 0.4) is 0 Å². The quantitative estimate of drug-likeness (QED) is 0.926. The normalized spacial score (nSPS) is 20.5. The van der Waals surface area contributed by atoms with Crippen LogP contribution in [0.4, 0.5) is 4.79 Å². The molecular weight excluding hydrogens is 278 g/mol. The van der Waals surface area contributed by atoms with Crippen LogP contribution in [0.5, 0.6) is 5.75 Å². The highest BCUT2D eigenvalue weighted by Gasteiger charge is 2.46. The maximum atomic E-state index is 12.5. The van der Waals surface area contributed by atoms with Crippen LogP contribution in [0.25, 0.3) is 0 Å². The molecule has 120 valence electrons. The monoisotopic (exact) mass is 303 g/mol. The number of urea groups is 1. The predicted molar refractivity (Wildman–Crippen MR) is 86.1 cm³/mol. The molecule has 0 unspecified atom stereocenters. The Morgan fingerprint density at radius 1 is 1.18 bits per heavy atom. The van der Waals surface area contributed by atoms with E-state index in [1.807, 2.05) is 17.0 Å². The van der Waals surface area contributed by atoms with Crippen LogP contribution >= 0.6 is 0 Å². The van der Waals surface area contributed by atoms with Crippen LogP contribution in [0.1, 0.15) is 25.3 Å². The minimum atomic E-state index is -0.161. The Balaban J connectivity index is 1.61. The van der Waals surface area contributed by atoms with Gasteiger partial charge in [-0.05, 0) is 37.1 Å². The number of carbonyl (C=O) groups is 1. The van der Waals surface area contributed by atoms with Crippen molar-refractivity contribution in [3.63, 3.8) is 0 Å². The second-order valence-electron chi connectivity index (χ2n) is 6.16. The highest BCUT2D eigenvalue weighted by Crippen LogP contribution is 2.45. The molecule has 1 aliphatic carbocycles. The number of ether oxygens (including phenoxy) is 1. The molecule has 22 heavy (non-hydrogen) atoms. The summed E-state index contributed by atoms with van der Waals surface area (Å²) in [6, 6.07) is 8.11. The van der Waals surface area contributed by atoms with E-state index >= 15 is 0 Å². The number of amides is 2. The van der Waals surface area contributed by atoms with Gasteiger partial charge in [-0.15, -0.1) is 0 Å². The third-order valence-electron chi connectivity index (χ3n) is 4.85. The Bertz CT molecular complexity index is 517. The van der Waals surface area contributed by atoms with E-state index in [9.17, 15) is 4.79 Å². The zero-order chi connectivity index (χ0) is 15.6. The van der Waals surface area contributed by atoms with E-state index in [1.165, 1.54) is 5.56 Å². The molecule has 1 saturated heterocycles. The number of carbonyl (C=O) groups excluding carboxylic acids is 1. The molecule has 5 heteroatoms. The lowest BCUT2D eigenvalue weighted by atomic mass is 10.0. The van der Waals surface area contributed by atoms with Gasteiger partial charge in [0.1, 0.15) is 5.75 Å². The van der Waals surface area contributed by atoms with Gasteiger partial charge in [0.25, 0.3) is 0 Å². The minimum absolute atomic E-state index is 0.0732. The van der Waals surface area contributed by atoms with Crippen molar-refractivity contribution in [3.05, 3.63) is 29.8 Å². The molecule has 2 fully saturated rings. The number of hydrogen-bond acceptors (Lipinski definition) is 3. The standard InChI is InChI=1S/C17H25N3O2/c1-3-19-10-12-20(13-11-19)16(21)18-17(8-9-17)14-4-6-15(22-2)7-5-14/h4-7H,3,8-13H2,1-2H3,(H,18,21). The van der Waals surface area contributed by atoms with Crippen LogP contribution in [-0.2, 0) is 5.54 Å². The first-order chi connectivity index (χ1) is 10.7. The van der Waals surface area contributed by atoms with E-state index in [0.29, 0.717) is 0 Å². The van der Waals surface area contributed by atoms with Gasteiger partial charge in [-0.25, -0.2) is 4.79 Å². The highest BCUT2D eigenvalue weighted by molar-refractivity contribution is 5.76. The van der Waals surface area contributed by atoms with Crippen molar-refractivity contribution in [1.82, 2.24) is 15.1 Å². The number of benzene rings is 1. The van der Waals surface area contributed by atoms with E-state index in [4.69, 9.17) is 4.74 Å². The van der Waals surface area contributed by atoms with Gasteiger partial charge in [0.15, 0.2) is 0 Å². The number of piperazine rings is 1. The molecule has 1 aromatic rings. The Kier molecular flexibility index (Phi) is 4.25. The van der Waals surface area contributed by atoms with Gasteiger partial charge < -0.3 is 19.9 Å². The minimum Gasteiger partial charge on any atom is -0.497 e. The molecule has 0 spiro atoms. The Morgan fingerprint density at radius 2 is 1.82 bits per heavy atom. The number of hydrogen-bond donors (Lipinski definition) is 1. The van der Waals surface area contributed by atoms with Crippen LogP contribution in [0.15, 0.2) is 24.3 Å². The van der Waals surface area contributed by atoms with E-state index in [-0.39, 0.29) is 11.6 Å². The van der Waals surface area contributed by atoms with Crippen LogP contribution < -0.4 is 10.1 Å². The SMILES string of the molecule is CCN1CCN(C(=O)NC2(c3ccc(OC)cc3)CC2)CC1. The molecular formula is C17H25N3O2. The van der Waals surface area contributed by atoms with Gasteiger partial charge in [-0.2, -0.15) is 0 Å². The van der Waals surface area contributed by atoms with Crippen LogP contribution in [0.2, 0.25) is 0 Å². The molecule has 2 aliphatic rings. The molecule has 0 atom stereocenters. The molecule has 1 aromatic carbocycles. The largest absolute Gasteiger partial charge is 0.497 e. The molecule has 3 rings (SSSR count). The summed E-state index contributed by atoms with van der Waals surface area (Å²) < 4.78 is 5.20. The summed E-state index contributed by atoms with van der Waals surface area (Å²) in [5, 5.41) is 3.25. The van der Waals surface area contributed by atoms with Gasteiger partial charge in [-0.1, -0.05) is 19.1 Å². The molecule has 1 N–H and O–H groups in total. The first kappa shape index (κ1) is 15.2. The fourth-order valence-corrected chi connectivity index (χ4v) is 3.07. The molecule has 5 nitrogen and oxygen atoms in total. The van der Waals surface area contributed by atoms with Gasteiger partial charge in [0.05, 0.1) is 12.6 Å². The average molecular weight is 303 g/mol. The maximum Gasteiger partial charge on any atom is 0.318 e. The van der Waals surface area contributed by atoms with Gasteiger partial charge in [-0.3, -0.25) is 0 Å². The number of methoxy groups -OCH3 is 1. The fraction of sp³-hybridized carbons (Fsp3) is 0.588. The summed E-state index contributed by atoms with van der Waals surface area (Å²) in [7, 11) is 1.67. The lowest BCUT2D eigenvalue weighted by Gasteiger charge is -2.35. The maximum absolute atomic E-state index is 12.5. The molecule has 2 amide bonds. The smallest absolute Gasteiger partial charge is 0.318 e. The molecule has 0 aromatic heterocycles. The average Bonchev–Trinajstić information content (AvgIpc) is 3.35. The first-order valence-electron chi connectivity index (χ1n) is 8.11. The van der Waals surface area contributed by atoms with Crippen molar-refractivity contribution in [1.29, 1.82) is 0 Å². The molecule has 0 bridgehead atoms. The summed E-state index contributed by atoms with van der Waals surface area (Å²) in [5.41, 5.74) is 1.01. The third-order valence-corrected chi connectivity index (χ3v) is 4.85. The summed E-state index contributed by atoms with van der Waals surface area (Å²) >= 11 is 0. The lowest BCUT2D eigenvalue weighted by molar-refractivity contribution is 0.140. The van der Waals surface area contributed by atoms with Crippen molar-refractivity contribution in [3.8, 4) is 5.75 Å². The van der Waals surface area contributed by atoms with E-state index in [2.05, 4.69) is 29.3 Å². The molecule has 1 aliphatic heterocycles. The lowest BCUT2D eigenvalue weighted by Crippen LogP contribution is -2.53. The van der Waals surface area contributed by atoms with Gasteiger partial charge >= 0.3 is 6.03 Å². The van der Waals surface area contributed by atoms with Crippen LogP contribution in [0, 0.1) is 0 Å². The zero-order valence-electron chi connectivity index (χ0n) is 13.5. The van der Waals surface area contributed by atoms with Crippen molar-refractivity contribution in [2.75, 3.05) is 39.8 Å². The summed E-state index contributed by atoms with van der Waals surface area (Å²) in [5.74, 6) is 0.849. The number of nitrogens with zero attached hydrogens (tertiary/aromatic N) is 2. The summed E-state index contributed by atoms with van der Waals surface area (Å²) in [4.78, 5) is 16.8. The highest BCUT2D eigenvalue weighted by atomic mass is 16.5. The number of likely N-dealkylation sites (N-methyl/N-ethyl adjacent to an activating group) is 1. The van der Waals surface area contributed by atoms with E-state index in [1.54, 1.807) is 7.11 Å². The van der Waals surface area contributed by atoms with E-state index in [0.717, 1.165) is 51.3 Å². The van der Waals surface area contributed by atoms with Crippen molar-refractivity contribution in [2.45, 2.75) is 25.3 Å². The zero-order valence-corrected chi connectivity index (χ0v) is 13.5. The van der Waals surface area contributed by atoms with Gasteiger partial charge in [0.2, 0.25) is 0 Å². The fourth-order valence-electron chi connectivity index (χ4n) is 3.07. The second kappa shape index (κ2) is 6.16. The Hall–Kier alpha value is -1.75. The van der Waals surface area contributed by atoms with E-state index < -0.39 is 0 Å². The first-order valence-corrected chi connectivity index (χ1v) is 8.11. The number of rotatable bonds is 4. The predicted octanol–water partition coefficient (Wildman–Crippen LogP) is 2.03. The summed E-state index contributed by atoms with van der Waals surface area (Å²) in [6.07, 6.45) is 2.03. The van der Waals surface area contributed by atoms with Crippen molar-refractivity contribution < 1.29 is 9.53 Å². The van der Waals surface area contributed by atoms with Crippen LogP contribution in [-0.4, -0.2) is 55.7 Å². The van der Waals surface area contributed by atoms with Crippen molar-refractivity contribution >= 4 is 6.03 Å².